The van der Waals surface area contributed by atoms with Crippen LogP contribution in [0.5, 0.6) is 0 Å². The van der Waals surface area contributed by atoms with Crippen molar-refractivity contribution in [3.8, 4) is 0 Å². The molecule has 1 heterocycles. The van der Waals surface area contributed by atoms with Gasteiger partial charge >= 0.3 is 0 Å². The van der Waals surface area contributed by atoms with Crippen LogP contribution in [0.4, 0.5) is 0 Å². The standard InChI is InChI=1S/C6H12NO/c1-8-5-6-3-2-4-7-6/h6-7H,1-5H2/t6-/m0/s1. The fraction of sp³-hybridized carbons (Fsp3) is 0.833. The molecule has 1 radical (unpaired) electrons. The zero-order chi connectivity index (χ0) is 5.82. The Bertz CT molecular complexity index is 59.5. The Labute approximate surface area is 50.2 Å². The van der Waals surface area contributed by atoms with Crippen molar-refractivity contribution in [2.45, 2.75) is 18.9 Å². The molecule has 0 amide bonds. The van der Waals surface area contributed by atoms with E-state index in [0.717, 1.165) is 13.2 Å². The molecule has 0 unspecified atom stereocenters. The van der Waals surface area contributed by atoms with E-state index in [1.807, 2.05) is 0 Å². The summed E-state index contributed by atoms with van der Waals surface area (Å²) < 4.78 is 4.71. The van der Waals surface area contributed by atoms with Crippen molar-refractivity contribution in [2.75, 3.05) is 13.2 Å². The second-order valence-corrected chi connectivity index (χ2v) is 2.16. The zero-order valence-corrected chi connectivity index (χ0v) is 5.02. The van der Waals surface area contributed by atoms with Crippen LogP contribution in [0.2, 0.25) is 0 Å². The third-order valence-electron chi connectivity index (χ3n) is 1.48. The molecule has 1 fully saturated rings. The van der Waals surface area contributed by atoms with Gasteiger partial charge in [-0.3, -0.25) is 0 Å². The van der Waals surface area contributed by atoms with Crippen LogP contribution in [0.25, 0.3) is 0 Å². The van der Waals surface area contributed by atoms with Gasteiger partial charge in [-0.25, -0.2) is 0 Å². The van der Waals surface area contributed by atoms with Crippen molar-refractivity contribution in [3.63, 3.8) is 0 Å². The van der Waals surface area contributed by atoms with Crippen LogP contribution in [0.15, 0.2) is 0 Å². The molecule has 1 aliphatic heterocycles. The molecule has 1 N–H and O–H groups in total. The summed E-state index contributed by atoms with van der Waals surface area (Å²) in [6, 6.07) is 0.576. The van der Waals surface area contributed by atoms with Gasteiger partial charge in [0, 0.05) is 6.04 Å². The normalized spacial score (nSPS) is 28.9. The molecule has 1 aliphatic rings. The van der Waals surface area contributed by atoms with Gasteiger partial charge < -0.3 is 10.1 Å². The van der Waals surface area contributed by atoms with Crippen molar-refractivity contribution in [1.82, 2.24) is 5.32 Å². The van der Waals surface area contributed by atoms with Crippen LogP contribution in [0.1, 0.15) is 12.8 Å². The van der Waals surface area contributed by atoms with Gasteiger partial charge in [-0.1, -0.05) is 0 Å². The van der Waals surface area contributed by atoms with Gasteiger partial charge in [0.15, 0.2) is 0 Å². The summed E-state index contributed by atoms with van der Waals surface area (Å²) in [6.45, 7) is 1.91. The molecule has 0 bridgehead atoms. The summed E-state index contributed by atoms with van der Waals surface area (Å²) in [5.41, 5.74) is 0. The lowest BCUT2D eigenvalue weighted by Crippen LogP contribution is -2.25. The lowest BCUT2D eigenvalue weighted by molar-refractivity contribution is 0.212. The highest BCUT2D eigenvalue weighted by atomic mass is 16.5. The van der Waals surface area contributed by atoms with Crippen molar-refractivity contribution in [2.24, 2.45) is 0 Å². The van der Waals surface area contributed by atoms with Gasteiger partial charge in [0.1, 0.15) is 0 Å². The minimum atomic E-state index is 0.576. The quantitative estimate of drug-likeness (QED) is 0.566. The first-order chi connectivity index (χ1) is 3.93. The summed E-state index contributed by atoms with van der Waals surface area (Å²) in [4.78, 5) is 0. The Morgan fingerprint density at radius 3 is 3.12 bits per heavy atom. The molecule has 47 valence electrons. The Kier molecular flexibility index (Phi) is 2.30. The molecule has 1 atom stereocenters. The third kappa shape index (κ3) is 1.46. The predicted molar refractivity (Wildman–Crippen MR) is 32.3 cm³/mol. The molecular weight excluding hydrogens is 102 g/mol. The fourth-order valence-electron chi connectivity index (χ4n) is 1.04. The molecule has 0 saturated carbocycles. The van der Waals surface area contributed by atoms with Crippen molar-refractivity contribution in [1.29, 1.82) is 0 Å². The summed E-state index contributed by atoms with van der Waals surface area (Å²) in [7, 11) is 3.31. The molecule has 0 aliphatic carbocycles. The Balaban J connectivity index is 2.06. The van der Waals surface area contributed by atoms with E-state index in [-0.39, 0.29) is 0 Å². The summed E-state index contributed by atoms with van der Waals surface area (Å²) in [5, 5.41) is 3.29. The molecule has 8 heavy (non-hydrogen) atoms. The highest BCUT2D eigenvalue weighted by molar-refractivity contribution is 4.72. The van der Waals surface area contributed by atoms with Crippen LogP contribution < -0.4 is 5.32 Å². The minimum Gasteiger partial charge on any atom is -0.377 e. The molecule has 0 spiro atoms. The highest BCUT2D eigenvalue weighted by Gasteiger charge is 2.12. The molecule has 1 saturated heterocycles. The second kappa shape index (κ2) is 3.05. The first kappa shape index (κ1) is 6.05. The molecule has 2 nitrogen and oxygen atoms in total. The number of hydrogen-bond acceptors (Lipinski definition) is 2. The molecular formula is C6H12NO. The second-order valence-electron chi connectivity index (χ2n) is 2.16. The van der Waals surface area contributed by atoms with Crippen molar-refractivity contribution >= 4 is 0 Å². The van der Waals surface area contributed by atoms with Gasteiger partial charge in [0.2, 0.25) is 0 Å². The molecule has 2 heteroatoms. The maximum Gasteiger partial charge on any atom is 0.0701 e. The minimum absolute atomic E-state index is 0.576. The van der Waals surface area contributed by atoms with Gasteiger partial charge in [-0.2, -0.15) is 0 Å². The van der Waals surface area contributed by atoms with E-state index in [9.17, 15) is 0 Å². The zero-order valence-electron chi connectivity index (χ0n) is 5.02. The van der Waals surface area contributed by atoms with E-state index in [4.69, 9.17) is 4.74 Å². The third-order valence-corrected chi connectivity index (χ3v) is 1.48. The van der Waals surface area contributed by atoms with E-state index in [0.29, 0.717) is 6.04 Å². The van der Waals surface area contributed by atoms with Crippen LogP contribution in [-0.2, 0) is 4.74 Å². The summed E-state index contributed by atoms with van der Waals surface area (Å²) >= 11 is 0. The predicted octanol–water partition coefficient (Wildman–Crippen LogP) is 0.547. The lowest BCUT2D eigenvalue weighted by atomic mass is 10.2. The number of ether oxygens (including phenoxy) is 1. The topological polar surface area (TPSA) is 21.3 Å². The van der Waals surface area contributed by atoms with E-state index in [1.165, 1.54) is 12.8 Å². The van der Waals surface area contributed by atoms with Gasteiger partial charge in [0.05, 0.1) is 13.7 Å². The van der Waals surface area contributed by atoms with Crippen LogP contribution in [0, 0.1) is 7.11 Å². The Morgan fingerprint density at radius 2 is 2.62 bits per heavy atom. The molecule has 0 aromatic carbocycles. The van der Waals surface area contributed by atoms with Crippen molar-refractivity contribution < 1.29 is 4.74 Å². The number of hydrogen-bond donors (Lipinski definition) is 1. The highest BCUT2D eigenvalue weighted by Crippen LogP contribution is 2.03. The monoisotopic (exact) mass is 114 g/mol. The fourth-order valence-corrected chi connectivity index (χ4v) is 1.04. The van der Waals surface area contributed by atoms with Gasteiger partial charge in [0.25, 0.3) is 0 Å². The Hall–Kier alpha value is -0.0800. The first-order valence-electron chi connectivity index (χ1n) is 3.04. The van der Waals surface area contributed by atoms with Crippen LogP contribution >= 0.6 is 0 Å². The summed E-state index contributed by atoms with van der Waals surface area (Å²) in [5.74, 6) is 0. The van der Waals surface area contributed by atoms with Gasteiger partial charge in [-0.15, -0.1) is 0 Å². The van der Waals surface area contributed by atoms with Crippen LogP contribution in [-0.4, -0.2) is 19.2 Å². The smallest absolute Gasteiger partial charge is 0.0701 e. The van der Waals surface area contributed by atoms with Gasteiger partial charge in [-0.05, 0) is 19.4 Å². The average molecular weight is 114 g/mol. The SMILES string of the molecule is [CH2]OC[C@@H]1CCCN1. The maximum absolute atomic E-state index is 4.71. The average Bonchev–Trinajstić information content (AvgIpc) is 2.19. The first-order valence-corrected chi connectivity index (χ1v) is 3.04. The van der Waals surface area contributed by atoms with Crippen molar-refractivity contribution in [3.05, 3.63) is 7.11 Å². The van der Waals surface area contributed by atoms with E-state index in [1.54, 1.807) is 0 Å². The molecule has 1 rings (SSSR count). The van der Waals surface area contributed by atoms with E-state index >= 15 is 0 Å². The Morgan fingerprint density at radius 1 is 1.75 bits per heavy atom. The largest absolute Gasteiger partial charge is 0.377 e. The van der Waals surface area contributed by atoms with Crippen LogP contribution in [0.3, 0.4) is 0 Å². The lowest BCUT2D eigenvalue weighted by Gasteiger charge is -2.05. The molecule has 0 aromatic heterocycles. The maximum atomic E-state index is 4.71. The number of nitrogens with one attached hydrogen (secondary N) is 1. The number of rotatable bonds is 2. The van der Waals surface area contributed by atoms with E-state index < -0.39 is 0 Å². The summed E-state index contributed by atoms with van der Waals surface area (Å²) in [6.07, 6.45) is 2.53. The van der Waals surface area contributed by atoms with E-state index in [2.05, 4.69) is 12.4 Å². The molecule has 0 aromatic rings.